The number of hydrogen-bond donors (Lipinski definition) is 0. The van der Waals surface area contributed by atoms with Crippen molar-refractivity contribution in [2.75, 3.05) is 13.7 Å². The lowest BCUT2D eigenvalue weighted by atomic mass is 9.97. The number of hydrogen-bond acceptors (Lipinski definition) is 11. The Morgan fingerprint density at radius 1 is 0.951 bits per heavy atom. The van der Waals surface area contributed by atoms with Gasteiger partial charge in [0.15, 0.2) is 24.8 Å². The van der Waals surface area contributed by atoms with Crippen molar-refractivity contribution in [1.82, 2.24) is 0 Å². The number of fused-ring (bicyclic) bond motifs is 1. The van der Waals surface area contributed by atoms with Gasteiger partial charge in [0.05, 0.1) is 22.0 Å². The Hall–Kier alpha value is -3.72. The lowest BCUT2D eigenvalue weighted by molar-refractivity contribution is -0.384. The van der Waals surface area contributed by atoms with Gasteiger partial charge in [-0.3, -0.25) is 14.3 Å². The minimum absolute atomic E-state index is 0.000538. The van der Waals surface area contributed by atoms with Crippen LogP contribution in [-0.4, -0.2) is 63.7 Å². The average Bonchev–Trinajstić information content (AvgIpc) is 2.98. The molecule has 0 unspecified atom stereocenters. The molecule has 0 spiro atoms. The number of nitrogens with zero attached hydrogens (tertiary/aromatic N) is 1. The highest BCUT2D eigenvalue weighted by Gasteiger charge is 2.54. The highest BCUT2D eigenvalue weighted by molar-refractivity contribution is 7.86. The topological polar surface area (TPSA) is 150 Å². The average molecular weight is 586 g/mol. The monoisotopic (exact) mass is 585 g/mol. The zero-order chi connectivity index (χ0) is 29.1. The number of carbonyl (C=O) groups excluding carboxylic acids is 1. The maximum absolute atomic E-state index is 13.3. The molecule has 2 heterocycles. The van der Waals surface area contributed by atoms with Crippen LogP contribution in [0.15, 0.2) is 83.8 Å². The third kappa shape index (κ3) is 6.30. The van der Waals surface area contributed by atoms with Crippen molar-refractivity contribution in [2.24, 2.45) is 0 Å². The van der Waals surface area contributed by atoms with E-state index in [1.807, 2.05) is 13.0 Å². The molecule has 2 aliphatic heterocycles. The van der Waals surface area contributed by atoms with Gasteiger partial charge in [-0.25, -0.2) is 4.79 Å². The summed E-state index contributed by atoms with van der Waals surface area (Å²) in [5, 5.41) is 11.0. The van der Waals surface area contributed by atoms with E-state index in [4.69, 9.17) is 27.9 Å². The van der Waals surface area contributed by atoms with Crippen LogP contribution in [-0.2, 0) is 38.0 Å². The van der Waals surface area contributed by atoms with Crippen molar-refractivity contribution in [3.63, 3.8) is 0 Å². The fourth-order valence-corrected chi connectivity index (χ4v) is 5.64. The van der Waals surface area contributed by atoms with Crippen LogP contribution in [0.4, 0.5) is 5.69 Å². The summed E-state index contributed by atoms with van der Waals surface area (Å²) in [5.41, 5.74) is 1.32. The summed E-state index contributed by atoms with van der Waals surface area (Å²) in [6.07, 6.45) is -6.82. The maximum Gasteiger partial charge on any atom is 0.338 e. The number of carbonyl (C=O) groups is 1. The normalized spacial score (nSPS) is 26.1. The third-order valence-corrected chi connectivity index (χ3v) is 8.02. The zero-order valence-corrected chi connectivity index (χ0v) is 22.8. The lowest BCUT2D eigenvalue weighted by Gasteiger charge is -2.47. The summed E-state index contributed by atoms with van der Waals surface area (Å²) >= 11 is 0. The summed E-state index contributed by atoms with van der Waals surface area (Å²) in [6.45, 7) is 1.83. The first kappa shape index (κ1) is 28.8. The summed E-state index contributed by atoms with van der Waals surface area (Å²) in [7, 11) is -3.09. The van der Waals surface area contributed by atoms with Crippen LogP contribution >= 0.6 is 0 Å². The smallest absolute Gasteiger partial charge is 0.338 e. The van der Waals surface area contributed by atoms with Crippen LogP contribution in [0.2, 0.25) is 0 Å². The number of benzene rings is 3. The van der Waals surface area contributed by atoms with Crippen LogP contribution in [0.5, 0.6) is 0 Å². The Labute approximate surface area is 236 Å². The second-order valence-corrected chi connectivity index (χ2v) is 11.0. The summed E-state index contributed by atoms with van der Waals surface area (Å²) in [6, 6.07) is 19.9. The van der Waals surface area contributed by atoms with Gasteiger partial charge in [-0.2, -0.15) is 8.42 Å². The van der Waals surface area contributed by atoms with Crippen molar-refractivity contribution < 1.29 is 46.0 Å². The van der Waals surface area contributed by atoms with E-state index in [9.17, 15) is 23.3 Å². The Bertz CT molecular complexity index is 1480. The number of nitro benzene ring substituents is 1. The quantitative estimate of drug-likeness (QED) is 0.165. The Balaban J connectivity index is 1.49. The van der Waals surface area contributed by atoms with Gasteiger partial charge in [0.2, 0.25) is 0 Å². The summed E-state index contributed by atoms with van der Waals surface area (Å²) in [5.74, 6) is -0.881. The van der Waals surface area contributed by atoms with E-state index >= 15 is 0 Å². The summed E-state index contributed by atoms with van der Waals surface area (Å²) in [4.78, 5) is 23.6. The maximum atomic E-state index is 13.3. The predicted molar refractivity (Wildman–Crippen MR) is 141 cm³/mol. The van der Waals surface area contributed by atoms with E-state index in [0.29, 0.717) is 5.56 Å². The fraction of sp³-hybridized carbons (Fsp3) is 0.321. The SMILES string of the molecule is CO[C@H]1O[C@@H]2CO[C@H](c3ccccc3)O[C@@H]2[C@@H](OC(=O)c2ccc([N+](=O)[O-])cc2)[C@@H]1OS(=O)(=O)c1ccc(C)cc1. The molecule has 0 N–H and O–H groups in total. The van der Waals surface area contributed by atoms with Gasteiger partial charge in [-0.1, -0.05) is 48.0 Å². The standard InChI is InChI=1S/C28H27NO11S/c1-17-8-14-21(15-9-17)41(33,34)40-25-24(38-26(30)18-10-12-20(13-11-18)29(31)32)23-22(37-28(25)35-2)16-36-27(39-23)19-6-4-3-5-7-19/h3-15,22-25,27-28H,16H2,1-2H3/t22-,23+,24-,25+,27+,28+/m1/s1. The van der Waals surface area contributed by atoms with Gasteiger partial charge in [-0.05, 0) is 31.2 Å². The first-order chi connectivity index (χ1) is 19.7. The molecule has 6 atom stereocenters. The molecule has 12 nitrogen and oxygen atoms in total. The highest BCUT2D eigenvalue weighted by Crippen LogP contribution is 2.38. The highest BCUT2D eigenvalue weighted by atomic mass is 32.2. The van der Waals surface area contributed by atoms with Crippen LogP contribution in [0.3, 0.4) is 0 Å². The first-order valence-corrected chi connectivity index (χ1v) is 14.0. The van der Waals surface area contributed by atoms with Crippen molar-refractivity contribution in [2.45, 2.75) is 48.8 Å². The van der Waals surface area contributed by atoms with Crippen molar-refractivity contribution in [1.29, 1.82) is 0 Å². The molecule has 2 aliphatic rings. The van der Waals surface area contributed by atoms with E-state index in [-0.39, 0.29) is 22.8 Å². The molecular formula is C28H27NO11S. The van der Waals surface area contributed by atoms with Gasteiger partial charge >= 0.3 is 5.97 Å². The molecule has 0 amide bonds. The molecule has 5 rings (SSSR count). The molecule has 0 aromatic heterocycles. The summed E-state index contributed by atoms with van der Waals surface area (Å²) < 4.78 is 61.6. The molecule has 0 radical (unpaired) electrons. The molecule has 2 fully saturated rings. The molecule has 41 heavy (non-hydrogen) atoms. The predicted octanol–water partition coefficient (Wildman–Crippen LogP) is 3.69. The van der Waals surface area contributed by atoms with Gasteiger partial charge in [-0.15, -0.1) is 0 Å². The van der Waals surface area contributed by atoms with Crippen molar-refractivity contribution >= 4 is 21.8 Å². The molecule has 3 aromatic rings. The van der Waals surface area contributed by atoms with E-state index in [1.54, 1.807) is 36.4 Å². The number of rotatable bonds is 8. The van der Waals surface area contributed by atoms with Crippen LogP contribution < -0.4 is 0 Å². The van der Waals surface area contributed by atoms with Crippen molar-refractivity contribution in [3.05, 3.63) is 106 Å². The molecular weight excluding hydrogens is 558 g/mol. The zero-order valence-electron chi connectivity index (χ0n) is 22.0. The molecule has 2 saturated heterocycles. The second kappa shape index (κ2) is 12.0. The Kier molecular flexibility index (Phi) is 8.45. The molecule has 3 aromatic carbocycles. The number of ether oxygens (including phenoxy) is 5. The molecule has 0 saturated carbocycles. The minimum atomic E-state index is -4.38. The number of non-ortho nitro benzene ring substituents is 1. The Morgan fingerprint density at radius 3 is 2.27 bits per heavy atom. The van der Waals surface area contributed by atoms with Crippen molar-refractivity contribution in [3.8, 4) is 0 Å². The van der Waals surface area contributed by atoms with E-state index in [1.165, 1.54) is 31.4 Å². The molecule has 13 heteroatoms. The van der Waals surface area contributed by atoms with E-state index < -0.39 is 58.0 Å². The van der Waals surface area contributed by atoms with Crippen LogP contribution in [0, 0.1) is 17.0 Å². The van der Waals surface area contributed by atoms with Gasteiger partial charge < -0.3 is 23.7 Å². The van der Waals surface area contributed by atoms with Crippen LogP contribution in [0.1, 0.15) is 27.8 Å². The Morgan fingerprint density at radius 2 is 1.63 bits per heavy atom. The largest absolute Gasteiger partial charge is 0.453 e. The number of methoxy groups -OCH3 is 1. The number of esters is 1. The van der Waals surface area contributed by atoms with E-state index in [2.05, 4.69) is 0 Å². The fourth-order valence-electron chi connectivity index (χ4n) is 4.57. The molecule has 0 aliphatic carbocycles. The molecule has 216 valence electrons. The lowest BCUT2D eigenvalue weighted by Crippen LogP contribution is -2.64. The third-order valence-electron chi connectivity index (χ3n) is 6.69. The van der Waals surface area contributed by atoms with E-state index in [0.717, 1.165) is 17.7 Å². The minimum Gasteiger partial charge on any atom is -0.453 e. The van der Waals surface area contributed by atoms with Crippen LogP contribution in [0.25, 0.3) is 0 Å². The van der Waals surface area contributed by atoms with Gasteiger partial charge in [0, 0.05) is 24.8 Å². The number of nitro groups is 1. The molecule has 0 bridgehead atoms. The van der Waals surface area contributed by atoms with Gasteiger partial charge in [0.1, 0.15) is 12.2 Å². The second-order valence-electron chi connectivity index (χ2n) is 9.46. The first-order valence-electron chi connectivity index (χ1n) is 12.6. The number of aryl methyl sites for hydroxylation is 1. The van der Waals surface area contributed by atoms with Gasteiger partial charge in [0.25, 0.3) is 15.8 Å².